The normalized spacial score (nSPS) is 28.0. The SMILES string of the molecule is Cc1cn(C2CC(O)CCC2(C)C)ccc1=O. The molecular formula is C14H21NO2. The van der Waals surface area contributed by atoms with Gasteiger partial charge in [-0.25, -0.2) is 0 Å². The summed E-state index contributed by atoms with van der Waals surface area (Å²) >= 11 is 0. The first-order chi connectivity index (χ1) is 7.90. The van der Waals surface area contributed by atoms with E-state index < -0.39 is 0 Å². The highest BCUT2D eigenvalue weighted by atomic mass is 16.3. The molecule has 0 aromatic carbocycles. The number of hydrogen-bond donors (Lipinski definition) is 1. The molecule has 3 heteroatoms. The van der Waals surface area contributed by atoms with Gasteiger partial charge in [0.2, 0.25) is 0 Å². The molecule has 0 amide bonds. The van der Waals surface area contributed by atoms with Crippen molar-refractivity contribution in [2.24, 2.45) is 5.41 Å². The van der Waals surface area contributed by atoms with Crippen LogP contribution in [-0.2, 0) is 0 Å². The Bertz CT molecular complexity index is 462. The van der Waals surface area contributed by atoms with Crippen molar-refractivity contribution in [3.05, 3.63) is 34.2 Å². The van der Waals surface area contributed by atoms with Crippen LogP contribution < -0.4 is 5.43 Å². The number of hydrogen-bond acceptors (Lipinski definition) is 2. The van der Waals surface area contributed by atoms with Crippen molar-refractivity contribution >= 4 is 0 Å². The molecule has 1 heterocycles. The van der Waals surface area contributed by atoms with E-state index in [1.54, 1.807) is 6.07 Å². The third-order valence-electron chi connectivity index (χ3n) is 4.01. The van der Waals surface area contributed by atoms with Crippen molar-refractivity contribution in [1.82, 2.24) is 4.57 Å². The smallest absolute Gasteiger partial charge is 0.184 e. The van der Waals surface area contributed by atoms with Crippen molar-refractivity contribution in [1.29, 1.82) is 0 Å². The summed E-state index contributed by atoms with van der Waals surface area (Å²) in [6.45, 7) is 6.30. The number of rotatable bonds is 1. The Balaban J connectivity index is 2.36. The monoisotopic (exact) mass is 235 g/mol. The van der Waals surface area contributed by atoms with Crippen LogP contribution in [0.15, 0.2) is 23.3 Å². The highest BCUT2D eigenvalue weighted by molar-refractivity contribution is 5.09. The minimum Gasteiger partial charge on any atom is -0.393 e. The predicted octanol–water partition coefficient (Wildman–Crippen LogP) is 2.27. The summed E-state index contributed by atoms with van der Waals surface area (Å²) in [5.41, 5.74) is 1.01. The van der Waals surface area contributed by atoms with E-state index in [1.165, 1.54) is 0 Å². The lowest BCUT2D eigenvalue weighted by molar-refractivity contribution is 0.0340. The maximum absolute atomic E-state index is 11.4. The summed E-state index contributed by atoms with van der Waals surface area (Å²) in [7, 11) is 0. The third-order valence-corrected chi connectivity index (χ3v) is 4.01. The first kappa shape index (κ1) is 12.4. The van der Waals surface area contributed by atoms with Gasteiger partial charge in [-0.2, -0.15) is 0 Å². The fraction of sp³-hybridized carbons (Fsp3) is 0.643. The highest BCUT2D eigenvalue weighted by Crippen LogP contribution is 2.43. The van der Waals surface area contributed by atoms with Crippen LogP contribution in [0.25, 0.3) is 0 Å². The van der Waals surface area contributed by atoms with Crippen LogP contribution in [0.2, 0.25) is 0 Å². The Morgan fingerprint density at radius 3 is 2.82 bits per heavy atom. The van der Waals surface area contributed by atoms with E-state index in [9.17, 15) is 9.90 Å². The Labute approximate surface area is 102 Å². The molecule has 2 unspecified atom stereocenters. The van der Waals surface area contributed by atoms with E-state index >= 15 is 0 Å². The van der Waals surface area contributed by atoms with Crippen molar-refractivity contribution in [3.8, 4) is 0 Å². The second-order valence-corrected chi connectivity index (χ2v) is 5.87. The molecule has 0 bridgehead atoms. The van der Waals surface area contributed by atoms with Crippen molar-refractivity contribution in [2.45, 2.75) is 52.2 Å². The average molecular weight is 235 g/mol. The quantitative estimate of drug-likeness (QED) is 0.811. The summed E-state index contributed by atoms with van der Waals surface area (Å²) in [5, 5.41) is 9.82. The molecule has 1 saturated carbocycles. The number of pyridine rings is 1. The molecule has 1 aromatic rings. The average Bonchev–Trinajstić information content (AvgIpc) is 2.26. The lowest BCUT2D eigenvalue weighted by Gasteiger charge is -2.42. The van der Waals surface area contributed by atoms with Crippen LogP contribution in [0, 0.1) is 12.3 Å². The zero-order valence-electron chi connectivity index (χ0n) is 10.8. The molecule has 1 aliphatic carbocycles. The summed E-state index contributed by atoms with van der Waals surface area (Å²) in [5.74, 6) is 0. The van der Waals surface area contributed by atoms with Crippen molar-refractivity contribution in [2.75, 3.05) is 0 Å². The lowest BCUT2D eigenvalue weighted by atomic mass is 9.72. The van der Waals surface area contributed by atoms with Gasteiger partial charge in [-0.05, 0) is 31.6 Å². The number of aliphatic hydroxyl groups is 1. The molecule has 0 aliphatic heterocycles. The maximum Gasteiger partial charge on any atom is 0.184 e. The molecule has 0 saturated heterocycles. The molecule has 1 fully saturated rings. The maximum atomic E-state index is 11.4. The standard InChI is InChI=1S/C14H21NO2/c1-10-9-15(7-5-12(10)17)13-8-11(16)4-6-14(13,2)3/h5,7,9,11,13,16H,4,6,8H2,1-3H3. The first-order valence-electron chi connectivity index (χ1n) is 6.26. The molecule has 2 rings (SSSR count). The van der Waals surface area contributed by atoms with Gasteiger partial charge in [0.05, 0.1) is 6.10 Å². The van der Waals surface area contributed by atoms with Gasteiger partial charge in [0, 0.05) is 30.1 Å². The Hall–Kier alpha value is -1.09. The van der Waals surface area contributed by atoms with Crippen LogP contribution in [-0.4, -0.2) is 15.8 Å². The fourth-order valence-corrected chi connectivity index (χ4v) is 2.73. The van der Waals surface area contributed by atoms with Crippen LogP contribution in [0.3, 0.4) is 0 Å². The largest absolute Gasteiger partial charge is 0.393 e. The first-order valence-corrected chi connectivity index (χ1v) is 6.26. The van der Waals surface area contributed by atoms with E-state index in [-0.39, 0.29) is 23.0 Å². The Morgan fingerprint density at radius 1 is 1.47 bits per heavy atom. The molecule has 1 N–H and O–H groups in total. The third kappa shape index (κ3) is 2.44. The van der Waals surface area contributed by atoms with Gasteiger partial charge in [-0.1, -0.05) is 13.8 Å². The number of aromatic nitrogens is 1. The summed E-state index contributed by atoms with van der Waals surface area (Å²) in [4.78, 5) is 11.4. The van der Waals surface area contributed by atoms with Gasteiger partial charge in [-0.3, -0.25) is 4.79 Å². The molecule has 17 heavy (non-hydrogen) atoms. The Morgan fingerprint density at radius 2 is 2.18 bits per heavy atom. The highest BCUT2D eigenvalue weighted by Gasteiger charge is 2.36. The van der Waals surface area contributed by atoms with Crippen LogP contribution >= 0.6 is 0 Å². The van der Waals surface area contributed by atoms with E-state index in [2.05, 4.69) is 18.4 Å². The molecule has 0 radical (unpaired) electrons. The van der Waals surface area contributed by atoms with E-state index in [1.807, 2.05) is 19.3 Å². The van der Waals surface area contributed by atoms with Crippen LogP contribution in [0.5, 0.6) is 0 Å². The number of aliphatic hydroxyl groups excluding tert-OH is 1. The zero-order valence-corrected chi connectivity index (χ0v) is 10.8. The summed E-state index contributed by atoms with van der Waals surface area (Å²) in [6, 6.07) is 1.89. The van der Waals surface area contributed by atoms with E-state index in [0.717, 1.165) is 24.8 Å². The lowest BCUT2D eigenvalue weighted by Crippen LogP contribution is -2.36. The zero-order chi connectivity index (χ0) is 12.6. The van der Waals surface area contributed by atoms with Gasteiger partial charge in [0.1, 0.15) is 0 Å². The van der Waals surface area contributed by atoms with Crippen molar-refractivity contribution in [3.63, 3.8) is 0 Å². The van der Waals surface area contributed by atoms with Crippen LogP contribution in [0.1, 0.15) is 44.7 Å². The van der Waals surface area contributed by atoms with E-state index in [4.69, 9.17) is 0 Å². The molecule has 1 aliphatic rings. The number of nitrogens with zero attached hydrogens (tertiary/aromatic N) is 1. The molecular weight excluding hydrogens is 214 g/mol. The second kappa shape index (κ2) is 4.30. The molecule has 94 valence electrons. The van der Waals surface area contributed by atoms with Gasteiger partial charge in [0.25, 0.3) is 0 Å². The van der Waals surface area contributed by atoms with E-state index in [0.29, 0.717) is 0 Å². The number of aryl methyl sites for hydroxylation is 1. The fourth-order valence-electron chi connectivity index (χ4n) is 2.73. The topological polar surface area (TPSA) is 42.2 Å². The minimum absolute atomic E-state index is 0.0791. The summed E-state index contributed by atoms with van der Waals surface area (Å²) in [6.07, 6.45) is 6.21. The van der Waals surface area contributed by atoms with Crippen LogP contribution in [0.4, 0.5) is 0 Å². The molecule has 3 nitrogen and oxygen atoms in total. The van der Waals surface area contributed by atoms with Gasteiger partial charge in [-0.15, -0.1) is 0 Å². The molecule has 2 atom stereocenters. The van der Waals surface area contributed by atoms with Gasteiger partial charge in [0.15, 0.2) is 5.43 Å². The van der Waals surface area contributed by atoms with Gasteiger partial charge < -0.3 is 9.67 Å². The minimum atomic E-state index is -0.215. The van der Waals surface area contributed by atoms with Gasteiger partial charge >= 0.3 is 0 Å². The molecule has 0 spiro atoms. The Kier molecular flexibility index (Phi) is 3.13. The summed E-state index contributed by atoms with van der Waals surface area (Å²) < 4.78 is 2.10. The molecule has 1 aromatic heterocycles. The van der Waals surface area contributed by atoms with Crippen molar-refractivity contribution < 1.29 is 5.11 Å². The second-order valence-electron chi connectivity index (χ2n) is 5.87. The predicted molar refractivity (Wildman–Crippen MR) is 68.1 cm³/mol.